The third-order valence-electron chi connectivity index (χ3n) is 2.96. The van der Waals surface area contributed by atoms with Crippen LogP contribution in [-0.4, -0.2) is 22.8 Å². The van der Waals surface area contributed by atoms with E-state index in [0.29, 0.717) is 18.1 Å². The summed E-state index contributed by atoms with van der Waals surface area (Å²) in [7, 11) is 0. The van der Waals surface area contributed by atoms with Gasteiger partial charge in [-0.2, -0.15) is 0 Å². The highest BCUT2D eigenvalue weighted by Gasteiger charge is 2.31. The van der Waals surface area contributed by atoms with Gasteiger partial charge >= 0.3 is 0 Å². The molecule has 1 amide bonds. The van der Waals surface area contributed by atoms with E-state index in [0.717, 1.165) is 15.8 Å². The molecule has 0 bridgehead atoms. The average Bonchev–Trinajstić information content (AvgIpc) is 2.96. The Kier molecular flexibility index (Phi) is 2.98. The number of fused-ring (bicyclic) bond motifs is 1. The van der Waals surface area contributed by atoms with E-state index in [-0.39, 0.29) is 11.8 Å². The third kappa shape index (κ3) is 2.21. The van der Waals surface area contributed by atoms with Gasteiger partial charge in [-0.25, -0.2) is 4.63 Å². The van der Waals surface area contributed by atoms with Gasteiger partial charge in [0, 0.05) is 10.0 Å². The van der Waals surface area contributed by atoms with Gasteiger partial charge in [-0.15, -0.1) is 0 Å². The quantitative estimate of drug-likeness (QED) is 0.917. The van der Waals surface area contributed by atoms with Crippen molar-refractivity contribution in [3.63, 3.8) is 0 Å². The van der Waals surface area contributed by atoms with E-state index in [1.54, 1.807) is 6.92 Å². The number of carbonyl (C=O) groups is 1. The number of anilines is 1. The van der Waals surface area contributed by atoms with E-state index in [2.05, 4.69) is 36.2 Å². The van der Waals surface area contributed by atoms with Crippen molar-refractivity contribution in [2.45, 2.75) is 12.8 Å². The molecule has 1 aliphatic heterocycles. The number of nitrogens with zero attached hydrogens (tertiary/aromatic N) is 2. The first-order valence-corrected chi connectivity index (χ1v) is 6.46. The molecule has 0 radical (unpaired) electrons. The Labute approximate surface area is 117 Å². The molecule has 6 nitrogen and oxygen atoms in total. The van der Waals surface area contributed by atoms with Crippen LogP contribution in [0.4, 0.5) is 5.82 Å². The molecule has 0 saturated carbocycles. The Bertz CT molecular complexity index is 641. The van der Waals surface area contributed by atoms with Gasteiger partial charge in [0.1, 0.15) is 24.0 Å². The minimum absolute atomic E-state index is 0.185. The second-order valence-corrected chi connectivity index (χ2v) is 5.15. The number of carbonyl (C=O) groups excluding carboxylic acids is 1. The van der Waals surface area contributed by atoms with Crippen molar-refractivity contribution in [3.8, 4) is 5.75 Å². The maximum Gasteiger partial charge on any atom is 0.236 e. The summed E-state index contributed by atoms with van der Waals surface area (Å²) in [6.07, 6.45) is 0. The van der Waals surface area contributed by atoms with Gasteiger partial charge in [-0.3, -0.25) is 4.79 Å². The summed E-state index contributed by atoms with van der Waals surface area (Å²) in [5.41, 5.74) is 1.41. The normalized spacial score (nSPS) is 16.8. The van der Waals surface area contributed by atoms with Crippen molar-refractivity contribution >= 4 is 27.7 Å². The number of rotatable bonds is 2. The fourth-order valence-electron chi connectivity index (χ4n) is 1.95. The standard InChI is InChI=1S/C12H10BrN3O3/c1-6-11(16-19-15-6)14-12(17)9-5-18-10-3-2-7(13)4-8(9)10/h2-4,9H,5H2,1H3,(H,14,16,17). The number of benzene rings is 1. The number of ether oxygens (including phenoxy) is 1. The third-order valence-corrected chi connectivity index (χ3v) is 3.46. The maximum absolute atomic E-state index is 12.2. The molecule has 1 atom stereocenters. The summed E-state index contributed by atoms with van der Waals surface area (Å²) in [5, 5.41) is 9.94. The topological polar surface area (TPSA) is 77.3 Å². The first kappa shape index (κ1) is 12.2. The van der Waals surface area contributed by atoms with Crippen LogP contribution in [0.2, 0.25) is 0 Å². The average molecular weight is 324 g/mol. The lowest BCUT2D eigenvalue weighted by atomic mass is 10.0. The number of hydrogen-bond donors (Lipinski definition) is 1. The lowest BCUT2D eigenvalue weighted by molar-refractivity contribution is -0.117. The second kappa shape index (κ2) is 4.65. The van der Waals surface area contributed by atoms with Gasteiger partial charge in [0.25, 0.3) is 0 Å². The van der Waals surface area contributed by atoms with E-state index in [4.69, 9.17) is 4.74 Å². The fourth-order valence-corrected chi connectivity index (χ4v) is 2.33. The summed E-state index contributed by atoms with van der Waals surface area (Å²) in [6, 6.07) is 5.61. The van der Waals surface area contributed by atoms with Crippen molar-refractivity contribution in [2.24, 2.45) is 0 Å². The van der Waals surface area contributed by atoms with Crippen LogP contribution in [0.15, 0.2) is 27.3 Å². The van der Waals surface area contributed by atoms with Gasteiger partial charge in [-0.05, 0) is 30.3 Å². The van der Waals surface area contributed by atoms with Gasteiger partial charge in [0.15, 0.2) is 5.82 Å². The highest BCUT2D eigenvalue weighted by molar-refractivity contribution is 9.10. The van der Waals surface area contributed by atoms with Crippen molar-refractivity contribution in [2.75, 3.05) is 11.9 Å². The summed E-state index contributed by atoms with van der Waals surface area (Å²) >= 11 is 3.39. The molecule has 1 aromatic heterocycles. The smallest absolute Gasteiger partial charge is 0.236 e. The van der Waals surface area contributed by atoms with Crippen LogP contribution >= 0.6 is 15.9 Å². The van der Waals surface area contributed by atoms with Gasteiger partial charge in [0.2, 0.25) is 5.91 Å². The second-order valence-electron chi connectivity index (χ2n) is 4.23. The Morgan fingerprint density at radius 3 is 3.05 bits per heavy atom. The summed E-state index contributed by atoms with van der Waals surface area (Å²) < 4.78 is 11.0. The highest BCUT2D eigenvalue weighted by Crippen LogP contribution is 2.36. The Hall–Kier alpha value is -1.89. The van der Waals surface area contributed by atoms with Crippen LogP contribution in [-0.2, 0) is 4.79 Å². The molecule has 7 heteroatoms. The molecule has 3 rings (SSSR count). The zero-order chi connectivity index (χ0) is 13.4. The molecule has 19 heavy (non-hydrogen) atoms. The molecule has 2 aromatic rings. The molecular formula is C12H10BrN3O3. The SMILES string of the molecule is Cc1nonc1NC(=O)C1COc2ccc(Br)cc21. The van der Waals surface area contributed by atoms with Crippen LogP contribution in [0, 0.1) is 6.92 Å². The van der Waals surface area contributed by atoms with Crippen LogP contribution in [0.1, 0.15) is 17.2 Å². The van der Waals surface area contributed by atoms with E-state index in [1.165, 1.54) is 0 Å². The van der Waals surface area contributed by atoms with Crippen molar-refractivity contribution in [1.29, 1.82) is 0 Å². The highest BCUT2D eigenvalue weighted by atomic mass is 79.9. The molecule has 0 saturated heterocycles. The van der Waals surface area contributed by atoms with Crippen LogP contribution in [0.5, 0.6) is 5.75 Å². The summed E-state index contributed by atoms with van der Waals surface area (Å²) in [4.78, 5) is 12.2. The number of aryl methyl sites for hydroxylation is 1. The predicted molar refractivity (Wildman–Crippen MR) is 70.0 cm³/mol. The Morgan fingerprint density at radius 2 is 2.32 bits per heavy atom. The van der Waals surface area contributed by atoms with Gasteiger partial charge in [-0.1, -0.05) is 21.1 Å². The van der Waals surface area contributed by atoms with E-state index < -0.39 is 0 Å². The number of hydrogen-bond acceptors (Lipinski definition) is 5. The zero-order valence-corrected chi connectivity index (χ0v) is 11.6. The van der Waals surface area contributed by atoms with Crippen molar-refractivity contribution in [3.05, 3.63) is 33.9 Å². The molecular weight excluding hydrogens is 314 g/mol. The van der Waals surface area contributed by atoms with E-state index >= 15 is 0 Å². The first-order valence-electron chi connectivity index (χ1n) is 5.67. The van der Waals surface area contributed by atoms with Gasteiger partial charge in [0.05, 0.1) is 0 Å². The van der Waals surface area contributed by atoms with Gasteiger partial charge < -0.3 is 10.1 Å². The largest absolute Gasteiger partial charge is 0.492 e. The molecule has 1 aromatic carbocycles. The lowest BCUT2D eigenvalue weighted by Crippen LogP contribution is -2.22. The van der Waals surface area contributed by atoms with E-state index in [9.17, 15) is 4.79 Å². The molecule has 1 unspecified atom stereocenters. The minimum Gasteiger partial charge on any atom is -0.492 e. The fraction of sp³-hybridized carbons (Fsp3) is 0.250. The van der Waals surface area contributed by atoms with Crippen molar-refractivity contribution < 1.29 is 14.2 Å². The van der Waals surface area contributed by atoms with E-state index in [1.807, 2.05) is 18.2 Å². The van der Waals surface area contributed by atoms with Crippen LogP contribution < -0.4 is 10.1 Å². The first-order chi connectivity index (χ1) is 9.15. The lowest BCUT2D eigenvalue weighted by Gasteiger charge is -2.08. The Morgan fingerprint density at radius 1 is 1.47 bits per heavy atom. The molecule has 0 aliphatic carbocycles. The molecule has 0 fully saturated rings. The molecule has 1 aliphatic rings. The predicted octanol–water partition coefficient (Wildman–Crippen LogP) is 2.26. The van der Waals surface area contributed by atoms with Crippen LogP contribution in [0.3, 0.4) is 0 Å². The summed E-state index contributed by atoms with van der Waals surface area (Å²) in [6.45, 7) is 2.03. The maximum atomic E-state index is 12.2. The number of aromatic nitrogens is 2. The number of nitrogens with one attached hydrogen (secondary N) is 1. The number of amides is 1. The van der Waals surface area contributed by atoms with Crippen molar-refractivity contribution in [1.82, 2.24) is 10.3 Å². The zero-order valence-electron chi connectivity index (χ0n) is 10.0. The molecule has 0 spiro atoms. The Balaban J connectivity index is 1.83. The van der Waals surface area contributed by atoms with Crippen LogP contribution in [0.25, 0.3) is 0 Å². The molecule has 1 N–H and O–H groups in total. The summed E-state index contributed by atoms with van der Waals surface area (Å²) in [5.74, 6) is 0.533. The monoisotopic (exact) mass is 323 g/mol. The number of halogens is 1. The molecule has 98 valence electrons. The molecule has 2 heterocycles. The minimum atomic E-state index is -0.358.